The number of hydrogen-bond acceptors (Lipinski definition) is 1. The number of allylic oxidation sites excluding steroid dienone is 1. The summed E-state index contributed by atoms with van der Waals surface area (Å²) >= 11 is 0. The van der Waals surface area contributed by atoms with Crippen molar-refractivity contribution in [1.82, 2.24) is 0 Å². The molecule has 0 spiro atoms. The van der Waals surface area contributed by atoms with Crippen LogP contribution in [0.25, 0.3) is 0 Å². The van der Waals surface area contributed by atoms with Crippen LogP contribution in [0.4, 0.5) is 0 Å². The average Bonchev–Trinajstić information content (AvgIpc) is 3.05. The van der Waals surface area contributed by atoms with E-state index in [4.69, 9.17) is 0 Å². The summed E-state index contributed by atoms with van der Waals surface area (Å²) in [5.74, 6) is 6.52. The first-order chi connectivity index (χ1) is 14.2. The summed E-state index contributed by atoms with van der Waals surface area (Å²) in [6, 6.07) is 0. The van der Waals surface area contributed by atoms with E-state index in [0.29, 0.717) is 16.6 Å². The molecule has 8 atom stereocenters. The number of fused-ring (bicyclic) bond motifs is 5. The van der Waals surface area contributed by atoms with E-state index < -0.39 is 0 Å². The van der Waals surface area contributed by atoms with Gasteiger partial charge in [0.1, 0.15) is 0 Å². The van der Waals surface area contributed by atoms with Gasteiger partial charge in [0.25, 0.3) is 0 Å². The molecule has 0 aromatic heterocycles. The molecule has 4 rings (SSSR count). The van der Waals surface area contributed by atoms with E-state index in [-0.39, 0.29) is 0 Å². The molecule has 0 saturated heterocycles. The van der Waals surface area contributed by atoms with Gasteiger partial charge < -0.3 is 0 Å². The molecule has 0 bridgehead atoms. The molecular weight excluding hydrogens is 364 g/mol. The molecule has 3 fully saturated rings. The average molecular weight is 413 g/mol. The molecule has 0 aliphatic heterocycles. The predicted octanol–water partition coefficient (Wildman–Crippen LogP) is 8.23. The molecule has 0 unspecified atom stereocenters. The zero-order chi connectivity index (χ0) is 21.7. The van der Waals surface area contributed by atoms with Crippen LogP contribution in [0.5, 0.6) is 0 Å². The van der Waals surface area contributed by atoms with Gasteiger partial charge in [0.2, 0.25) is 0 Å². The lowest BCUT2D eigenvalue weighted by Gasteiger charge is -2.61. The lowest BCUT2D eigenvalue weighted by atomic mass is 9.44. The SMILES string of the molecule is CC[C@H]1CC2=CC(=O)CC[C@]2(C)[C@H]2CC[C@]3(C)[C@@H]([C@H](C)CCCC(C)C)CC[C@H]3[C@H]12. The van der Waals surface area contributed by atoms with Crippen molar-refractivity contribution >= 4 is 5.78 Å². The van der Waals surface area contributed by atoms with E-state index in [0.717, 1.165) is 54.3 Å². The number of rotatable bonds is 6. The molecule has 0 N–H and O–H groups in total. The van der Waals surface area contributed by atoms with Gasteiger partial charge in [0, 0.05) is 6.42 Å². The standard InChI is InChI=1S/C29H48O/c1-7-21-17-22-18-23(30)13-15-28(22,5)26-14-16-29(6)24(11-12-25(29)27(21)26)20(4)10-8-9-19(2)3/h18-21,24-27H,7-17H2,1-6H3/t20-,21+,24-,25+,26+,27+,28+,29-/m1/s1. The van der Waals surface area contributed by atoms with Crippen LogP contribution in [0, 0.1) is 52.3 Å². The molecule has 0 amide bonds. The van der Waals surface area contributed by atoms with Crippen molar-refractivity contribution in [1.29, 1.82) is 0 Å². The van der Waals surface area contributed by atoms with Crippen LogP contribution in [0.3, 0.4) is 0 Å². The minimum atomic E-state index is 0.312. The summed E-state index contributed by atoms with van der Waals surface area (Å²) in [5, 5.41) is 0. The molecule has 4 aliphatic rings. The van der Waals surface area contributed by atoms with Crippen LogP contribution in [0.15, 0.2) is 11.6 Å². The monoisotopic (exact) mass is 412 g/mol. The highest BCUT2D eigenvalue weighted by atomic mass is 16.1. The second-order valence-electron chi connectivity index (χ2n) is 12.7. The van der Waals surface area contributed by atoms with Crippen LogP contribution in [0.1, 0.15) is 112 Å². The Balaban J connectivity index is 1.56. The van der Waals surface area contributed by atoms with Crippen molar-refractivity contribution in [3.8, 4) is 0 Å². The maximum absolute atomic E-state index is 12.2. The normalized spacial score (nSPS) is 44.3. The summed E-state index contributed by atoms with van der Waals surface area (Å²) in [6.07, 6.45) is 16.5. The minimum Gasteiger partial charge on any atom is -0.295 e. The lowest BCUT2D eigenvalue weighted by molar-refractivity contribution is -0.119. The van der Waals surface area contributed by atoms with Crippen LogP contribution in [-0.2, 0) is 4.79 Å². The molecule has 4 aliphatic carbocycles. The maximum Gasteiger partial charge on any atom is 0.155 e. The van der Waals surface area contributed by atoms with Crippen LogP contribution < -0.4 is 0 Å². The Morgan fingerprint density at radius 3 is 2.50 bits per heavy atom. The Morgan fingerprint density at radius 2 is 1.80 bits per heavy atom. The Labute approximate surface area is 186 Å². The lowest BCUT2D eigenvalue weighted by Crippen LogP contribution is -2.53. The third-order valence-corrected chi connectivity index (χ3v) is 10.9. The summed E-state index contributed by atoms with van der Waals surface area (Å²) in [6.45, 7) is 15.0. The van der Waals surface area contributed by atoms with Crippen molar-refractivity contribution in [2.75, 3.05) is 0 Å². The fourth-order valence-corrected chi connectivity index (χ4v) is 9.15. The first-order valence-corrected chi connectivity index (χ1v) is 13.4. The third kappa shape index (κ3) is 3.65. The smallest absolute Gasteiger partial charge is 0.155 e. The van der Waals surface area contributed by atoms with E-state index in [2.05, 4.69) is 47.6 Å². The quantitative estimate of drug-likeness (QED) is 0.429. The summed E-state index contributed by atoms with van der Waals surface area (Å²) < 4.78 is 0. The van der Waals surface area contributed by atoms with Gasteiger partial charge in [-0.2, -0.15) is 0 Å². The molecule has 3 saturated carbocycles. The highest BCUT2D eigenvalue weighted by molar-refractivity contribution is 5.91. The van der Waals surface area contributed by atoms with Gasteiger partial charge in [-0.3, -0.25) is 4.79 Å². The first kappa shape index (κ1) is 22.6. The largest absolute Gasteiger partial charge is 0.295 e. The van der Waals surface area contributed by atoms with Crippen LogP contribution >= 0.6 is 0 Å². The Bertz CT molecular complexity index is 674. The molecule has 0 radical (unpaired) electrons. The number of carbonyl (C=O) groups excluding carboxylic acids is 1. The van der Waals surface area contributed by atoms with E-state index >= 15 is 0 Å². The zero-order valence-corrected chi connectivity index (χ0v) is 20.8. The van der Waals surface area contributed by atoms with Crippen molar-refractivity contribution in [2.45, 2.75) is 112 Å². The molecule has 0 aromatic rings. The van der Waals surface area contributed by atoms with E-state index in [1.165, 1.54) is 63.4 Å². The molecule has 1 nitrogen and oxygen atoms in total. The van der Waals surface area contributed by atoms with Gasteiger partial charge in [-0.25, -0.2) is 0 Å². The van der Waals surface area contributed by atoms with E-state index in [1.807, 2.05) is 0 Å². The van der Waals surface area contributed by atoms with E-state index in [9.17, 15) is 4.79 Å². The summed E-state index contributed by atoms with van der Waals surface area (Å²) in [4.78, 5) is 12.2. The number of hydrogen-bond donors (Lipinski definition) is 0. The molecule has 1 heteroatoms. The first-order valence-electron chi connectivity index (χ1n) is 13.4. The van der Waals surface area contributed by atoms with Crippen LogP contribution in [-0.4, -0.2) is 5.78 Å². The Morgan fingerprint density at radius 1 is 1.03 bits per heavy atom. The molecule has 30 heavy (non-hydrogen) atoms. The minimum absolute atomic E-state index is 0.312. The van der Waals surface area contributed by atoms with Gasteiger partial charge in [-0.05, 0) is 96.9 Å². The highest BCUT2D eigenvalue weighted by Crippen LogP contribution is 2.69. The topological polar surface area (TPSA) is 17.1 Å². The van der Waals surface area contributed by atoms with Crippen molar-refractivity contribution in [3.63, 3.8) is 0 Å². The Hall–Kier alpha value is -0.590. The van der Waals surface area contributed by atoms with Crippen molar-refractivity contribution in [3.05, 3.63) is 11.6 Å². The highest BCUT2D eigenvalue weighted by Gasteiger charge is 2.61. The van der Waals surface area contributed by atoms with E-state index in [1.54, 1.807) is 0 Å². The summed E-state index contributed by atoms with van der Waals surface area (Å²) in [5.41, 5.74) is 2.41. The number of ketones is 1. The molecule has 170 valence electrons. The molecule has 0 aromatic carbocycles. The fraction of sp³-hybridized carbons (Fsp3) is 0.897. The van der Waals surface area contributed by atoms with Gasteiger partial charge in [0.05, 0.1) is 0 Å². The molecule has 0 heterocycles. The third-order valence-electron chi connectivity index (χ3n) is 10.9. The van der Waals surface area contributed by atoms with Gasteiger partial charge >= 0.3 is 0 Å². The van der Waals surface area contributed by atoms with Crippen LogP contribution in [0.2, 0.25) is 0 Å². The maximum atomic E-state index is 12.2. The molecular formula is C29H48O. The van der Waals surface area contributed by atoms with Gasteiger partial charge in [-0.1, -0.05) is 72.8 Å². The second kappa shape index (κ2) is 8.40. The van der Waals surface area contributed by atoms with Crippen molar-refractivity contribution < 1.29 is 4.79 Å². The van der Waals surface area contributed by atoms with Gasteiger partial charge in [0.15, 0.2) is 5.78 Å². The predicted molar refractivity (Wildman–Crippen MR) is 127 cm³/mol. The number of carbonyl (C=O) groups is 1. The fourth-order valence-electron chi connectivity index (χ4n) is 9.15. The zero-order valence-electron chi connectivity index (χ0n) is 20.8. The Kier molecular flexibility index (Phi) is 6.33. The second-order valence-corrected chi connectivity index (χ2v) is 12.7. The van der Waals surface area contributed by atoms with Crippen molar-refractivity contribution in [2.24, 2.45) is 52.3 Å². The van der Waals surface area contributed by atoms with Gasteiger partial charge in [-0.15, -0.1) is 0 Å². The summed E-state index contributed by atoms with van der Waals surface area (Å²) in [7, 11) is 0.